The Labute approximate surface area is 146 Å². The molecule has 3 nitrogen and oxygen atoms in total. The molecule has 0 spiro atoms. The van der Waals surface area contributed by atoms with Gasteiger partial charge in [-0.25, -0.2) is 4.39 Å². The highest BCUT2D eigenvalue weighted by molar-refractivity contribution is 14.1. The molecule has 1 aromatic carbocycles. The Morgan fingerprint density at radius 3 is 2.26 bits per heavy atom. The number of phenols is 1. The summed E-state index contributed by atoms with van der Waals surface area (Å²) in [4.78, 5) is 2.16. The van der Waals surface area contributed by atoms with Crippen LogP contribution in [0.3, 0.4) is 0 Å². The van der Waals surface area contributed by atoms with Crippen molar-refractivity contribution in [2.45, 2.75) is 6.04 Å². The van der Waals surface area contributed by atoms with Crippen LogP contribution in [-0.2, 0) is 0 Å². The SMILES string of the molecule is Cl.Oc1c(I)cc([C@@H](CF)N2CCNCC2)cc1I. The van der Waals surface area contributed by atoms with E-state index in [1.165, 1.54) is 0 Å². The van der Waals surface area contributed by atoms with Crippen LogP contribution in [0.5, 0.6) is 5.75 Å². The highest BCUT2D eigenvalue weighted by Gasteiger charge is 2.23. The molecule has 2 N–H and O–H groups in total. The molecule has 0 aromatic heterocycles. The number of hydrogen-bond donors (Lipinski definition) is 2. The Balaban J connectivity index is 0.00000180. The summed E-state index contributed by atoms with van der Waals surface area (Å²) in [5, 5.41) is 13.0. The van der Waals surface area contributed by atoms with E-state index in [2.05, 4.69) is 55.4 Å². The van der Waals surface area contributed by atoms with E-state index in [0.717, 1.165) is 38.9 Å². The Bertz CT molecular complexity index is 407. The maximum absolute atomic E-state index is 13.4. The summed E-state index contributed by atoms with van der Waals surface area (Å²) in [6.45, 7) is 3.15. The predicted molar refractivity (Wildman–Crippen MR) is 93.9 cm³/mol. The summed E-state index contributed by atoms with van der Waals surface area (Å²) >= 11 is 4.18. The van der Waals surface area contributed by atoms with E-state index in [4.69, 9.17) is 0 Å². The minimum atomic E-state index is -0.392. The summed E-state index contributed by atoms with van der Waals surface area (Å²) in [6, 6.07) is 3.56. The van der Waals surface area contributed by atoms with Crippen LogP contribution >= 0.6 is 57.6 Å². The summed E-state index contributed by atoms with van der Waals surface area (Å²) in [5.74, 6) is 0.290. The third kappa shape index (κ3) is 4.29. The molecule has 0 amide bonds. The lowest BCUT2D eigenvalue weighted by Gasteiger charge is -2.33. The molecule has 1 aromatic rings. The molecule has 1 fully saturated rings. The van der Waals surface area contributed by atoms with E-state index in [0.29, 0.717) is 0 Å². The smallest absolute Gasteiger partial charge is 0.142 e. The van der Waals surface area contributed by atoms with Gasteiger partial charge in [0.15, 0.2) is 0 Å². The third-order valence-corrected chi connectivity index (χ3v) is 4.81. The number of aromatic hydroxyl groups is 1. The van der Waals surface area contributed by atoms with Crippen molar-refractivity contribution < 1.29 is 9.50 Å². The van der Waals surface area contributed by atoms with Gasteiger partial charge in [0.05, 0.1) is 13.2 Å². The number of halogens is 4. The summed E-state index contributed by atoms with van der Waals surface area (Å²) < 4.78 is 14.9. The van der Waals surface area contributed by atoms with E-state index in [1.54, 1.807) is 0 Å². The monoisotopic (exact) mass is 512 g/mol. The van der Waals surface area contributed by atoms with Gasteiger partial charge < -0.3 is 10.4 Å². The van der Waals surface area contributed by atoms with Crippen molar-refractivity contribution in [3.05, 3.63) is 24.8 Å². The van der Waals surface area contributed by atoms with Crippen LogP contribution < -0.4 is 5.32 Å². The maximum atomic E-state index is 13.4. The first-order chi connectivity index (χ1) is 8.63. The van der Waals surface area contributed by atoms with Gasteiger partial charge in [0.2, 0.25) is 0 Å². The van der Waals surface area contributed by atoms with Gasteiger partial charge in [0.1, 0.15) is 12.4 Å². The molecule has 19 heavy (non-hydrogen) atoms. The lowest BCUT2D eigenvalue weighted by molar-refractivity contribution is 0.147. The predicted octanol–water partition coefficient (Wildman–Crippen LogP) is 2.94. The molecular formula is C12H16ClFI2N2O. The first kappa shape index (κ1) is 17.7. The zero-order chi connectivity index (χ0) is 13.1. The van der Waals surface area contributed by atoms with E-state index in [9.17, 15) is 9.50 Å². The van der Waals surface area contributed by atoms with Crippen LogP contribution in [0.1, 0.15) is 11.6 Å². The molecule has 1 saturated heterocycles. The molecule has 2 rings (SSSR count). The molecule has 0 aliphatic carbocycles. The first-order valence-corrected chi connectivity index (χ1v) is 7.98. The fourth-order valence-corrected chi connectivity index (χ4v) is 3.99. The number of hydrogen-bond acceptors (Lipinski definition) is 3. The zero-order valence-corrected chi connectivity index (χ0v) is 15.3. The van der Waals surface area contributed by atoms with E-state index < -0.39 is 6.67 Å². The number of rotatable bonds is 3. The fourth-order valence-electron chi connectivity index (χ4n) is 2.17. The van der Waals surface area contributed by atoms with Crippen LogP contribution in [0.15, 0.2) is 12.1 Å². The molecule has 7 heteroatoms. The van der Waals surface area contributed by atoms with E-state index in [-0.39, 0.29) is 24.2 Å². The number of phenolic OH excluding ortho intramolecular Hbond substituents is 1. The Morgan fingerprint density at radius 2 is 1.79 bits per heavy atom. The lowest BCUT2D eigenvalue weighted by atomic mass is 10.1. The average Bonchev–Trinajstić information content (AvgIpc) is 2.38. The highest BCUT2D eigenvalue weighted by atomic mass is 127. The van der Waals surface area contributed by atoms with E-state index >= 15 is 0 Å². The van der Waals surface area contributed by atoms with Crippen molar-refractivity contribution in [3.63, 3.8) is 0 Å². The molecule has 0 unspecified atom stereocenters. The molecule has 108 valence electrons. The number of alkyl halides is 1. The van der Waals surface area contributed by atoms with Crippen LogP contribution in [-0.4, -0.2) is 42.9 Å². The van der Waals surface area contributed by atoms with Gasteiger partial charge in [-0.05, 0) is 62.9 Å². The van der Waals surface area contributed by atoms with Gasteiger partial charge in [-0.3, -0.25) is 4.90 Å². The molecular weight excluding hydrogens is 496 g/mol. The highest BCUT2D eigenvalue weighted by Crippen LogP contribution is 2.32. The standard InChI is InChI=1S/C12H15FI2N2O.ClH/c13-7-11(17-3-1-16-2-4-17)8-5-9(14)12(18)10(15)6-8;/h5-6,11,16,18H,1-4,7H2;1H/t11-;/m1./s1. The van der Waals surface area contributed by atoms with Gasteiger partial charge in [0, 0.05) is 26.2 Å². The summed E-state index contributed by atoms with van der Waals surface area (Å²) in [5.41, 5.74) is 0.950. The van der Waals surface area contributed by atoms with Gasteiger partial charge >= 0.3 is 0 Å². The fraction of sp³-hybridized carbons (Fsp3) is 0.500. The largest absolute Gasteiger partial charge is 0.506 e. The molecule has 1 atom stereocenters. The normalized spacial score (nSPS) is 17.8. The van der Waals surface area contributed by atoms with Crippen molar-refractivity contribution in [2.24, 2.45) is 0 Å². The maximum Gasteiger partial charge on any atom is 0.142 e. The topological polar surface area (TPSA) is 35.5 Å². The average molecular weight is 513 g/mol. The van der Waals surface area contributed by atoms with Crippen molar-refractivity contribution in [2.75, 3.05) is 32.9 Å². The van der Waals surface area contributed by atoms with Gasteiger partial charge in [-0.1, -0.05) is 0 Å². The summed E-state index contributed by atoms with van der Waals surface area (Å²) in [7, 11) is 0. The third-order valence-electron chi connectivity index (χ3n) is 3.16. The molecule has 0 bridgehead atoms. The molecule has 0 saturated carbocycles. The second-order valence-corrected chi connectivity index (χ2v) is 6.61. The number of benzene rings is 1. The Hall–Kier alpha value is 0.620. The minimum Gasteiger partial charge on any atom is -0.506 e. The lowest BCUT2D eigenvalue weighted by Crippen LogP contribution is -2.45. The Kier molecular flexibility index (Phi) is 7.59. The van der Waals surface area contributed by atoms with Crippen molar-refractivity contribution >= 4 is 57.6 Å². The van der Waals surface area contributed by atoms with Crippen molar-refractivity contribution in [3.8, 4) is 5.75 Å². The molecule has 1 aliphatic heterocycles. The molecule has 1 heterocycles. The van der Waals surface area contributed by atoms with Crippen LogP contribution in [0.4, 0.5) is 4.39 Å². The quantitative estimate of drug-likeness (QED) is 0.612. The van der Waals surface area contributed by atoms with Gasteiger partial charge in [-0.2, -0.15) is 0 Å². The van der Waals surface area contributed by atoms with Crippen LogP contribution in [0.2, 0.25) is 0 Å². The van der Waals surface area contributed by atoms with Crippen LogP contribution in [0, 0.1) is 7.14 Å². The van der Waals surface area contributed by atoms with Crippen molar-refractivity contribution in [1.29, 1.82) is 0 Å². The van der Waals surface area contributed by atoms with Crippen molar-refractivity contribution in [1.82, 2.24) is 10.2 Å². The minimum absolute atomic E-state index is 0. The molecule has 1 aliphatic rings. The number of nitrogens with one attached hydrogen (secondary N) is 1. The number of nitrogens with zero attached hydrogens (tertiary/aromatic N) is 1. The summed E-state index contributed by atoms with van der Waals surface area (Å²) in [6.07, 6.45) is 0. The Morgan fingerprint density at radius 1 is 1.26 bits per heavy atom. The second-order valence-electron chi connectivity index (χ2n) is 4.29. The first-order valence-electron chi connectivity index (χ1n) is 5.82. The second kappa shape index (κ2) is 8.16. The van der Waals surface area contributed by atoms with Gasteiger partial charge in [0.25, 0.3) is 0 Å². The van der Waals surface area contributed by atoms with Gasteiger partial charge in [-0.15, -0.1) is 12.4 Å². The molecule has 0 radical (unpaired) electrons. The van der Waals surface area contributed by atoms with Crippen LogP contribution in [0.25, 0.3) is 0 Å². The number of piperazine rings is 1. The zero-order valence-electron chi connectivity index (χ0n) is 10.2. The van der Waals surface area contributed by atoms with E-state index in [1.807, 2.05) is 12.1 Å².